The molecule has 2 atom stereocenters. The molecule has 0 heterocycles. The Morgan fingerprint density at radius 2 is 1.50 bits per heavy atom. The van der Waals surface area contributed by atoms with Crippen LogP contribution in [-0.2, 0) is 9.59 Å². The number of hydrogen-bond acceptors (Lipinski definition) is 3. The summed E-state index contributed by atoms with van der Waals surface area (Å²) in [6.45, 7) is 18.9. The number of carbonyl (C=O) groups is 2. The van der Waals surface area contributed by atoms with Gasteiger partial charge in [0.15, 0.2) is 0 Å². The van der Waals surface area contributed by atoms with E-state index in [0.29, 0.717) is 18.8 Å². The summed E-state index contributed by atoms with van der Waals surface area (Å²) in [6, 6.07) is 0.0110. The second-order valence-electron chi connectivity index (χ2n) is 8.32. The Kier molecular flexibility index (Phi) is 12.3. The number of hydrogen-bond donors (Lipinski definition) is 2. The van der Waals surface area contributed by atoms with Gasteiger partial charge in [0.1, 0.15) is 5.78 Å². The van der Waals surface area contributed by atoms with Crippen molar-refractivity contribution in [3.63, 3.8) is 0 Å². The summed E-state index contributed by atoms with van der Waals surface area (Å²) >= 11 is 0. The van der Waals surface area contributed by atoms with E-state index in [0.717, 1.165) is 13.0 Å². The van der Waals surface area contributed by atoms with Gasteiger partial charge in [-0.15, -0.1) is 0 Å². The van der Waals surface area contributed by atoms with Crippen LogP contribution >= 0.6 is 0 Å². The Morgan fingerprint density at radius 3 is 1.92 bits per heavy atom. The maximum atomic E-state index is 12.3. The highest BCUT2D eigenvalue weighted by Crippen LogP contribution is 2.29. The number of amides is 1. The van der Waals surface area contributed by atoms with Crippen LogP contribution in [0.3, 0.4) is 0 Å². The number of Topliss-reactive ketones (excluding diaryl/α,β-unsaturated/α-hetero) is 1. The van der Waals surface area contributed by atoms with Gasteiger partial charge in [0, 0.05) is 17.9 Å². The number of nitrogens with one attached hydrogen (secondary N) is 2. The van der Waals surface area contributed by atoms with Crippen LogP contribution < -0.4 is 10.6 Å². The second kappa shape index (κ2) is 11.6. The number of ketones is 1. The fourth-order valence-corrected chi connectivity index (χ4v) is 3.16. The lowest BCUT2D eigenvalue weighted by atomic mass is 9.80. The molecule has 2 N–H and O–H groups in total. The minimum Gasteiger partial charge on any atom is -0.354 e. The second-order valence-corrected chi connectivity index (χ2v) is 8.32. The predicted molar refractivity (Wildman–Crippen MR) is 104 cm³/mol. The Labute approximate surface area is 150 Å². The molecule has 0 aromatic heterocycles. The monoisotopic (exact) mass is 342 g/mol. The maximum Gasteiger partial charge on any atom is 0.220 e. The summed E-state index contributed by atoms with van der Waals surface area (Å²) in [6.07, 6.45) is 2.20. The van der Waals surface area contributed by atoms with Gasteiger partial charge in [-0.05, 0) is 51.6 Å². The SMILES string of the molecule is CC.CNCC(C)CC(C)(C)CC(=O)NC(C)CC(C)(C)C(C)=O. The minimum absolute atomic E-state index is 0.0110. The van der Waals surface area contributed by atoms with E-state index in [4.69, 9.17) is 0 Å². The zero-order valence-corrected chi connectivity index (χ0v) is 17.8. The lowest BCUT2D eigenvalue weighted by Gasteiger charge is -2.29. The zero-order chi connectivity index (χ0) is 19.6. The van der Waals surface area contributed by atoms with Gasteiger partial charge in [0.25, 0.3) is 0 Å². The van der Waals surface area contributed by atoms with Crippen LogP contribution in [0.25, 0.3) is 0 Å². The van der Waals surface area contributed by atoms with E-state index in [1.807, 2.05) is 41.7 Å². The normalized spacial score (nSPS) is 14.2. The fraction of sp³-hybridized carbons (Fsp3) is 0.900. The molecule has 4 heteroatoms. The number of carbonyl (C=O) groups excluding carboxylic acids is 2. The zero-order valence-electron chi connectivity index (χ0n) is 17.8. The standard InChI is InChI=1S/C18H36N2O2.C2H6/c1-13(12-19-8)9-17(4,5)11-16(22)20-14(2)10-18(6,7)15(3)21;1-2/h13-14,19H,9-12H2,1-8H3,(H,20,22);1-2H3. The Hall–Kier alpha value is -0.900. The first kappa shape index (κ1) is 25.3. The Balaban J connectivity index is 0. The van der Waals surface area contributed by atoms with E-state index in [1.54, 1.807) is 6.92 Å². The average molecular weight is 343 g/mol. The molecule has 0 bridgehead atoms. The van der Waals surface area contributed by atoms with Crippen LogP contribution in [-0.4, -0.2) is 31.3 Å². The predicted octanol–water partition coefficient (Wildman–Crippen LogP) is 4.18. The third-order valence-electron chi connectivity index (χ3n) is 4.27. The van der Waals surface area contributed by atoms with Crippen molar-refractivity contribution in [3.05, 3.63) is 0 Å². The third-order valence-corrected chi connectivity index (χ3v) is 4.27. The molecular weight excluding hydrogens is 300 g/mol. The first-order valence-electron chi connectivity index (χ1n) is 9.34. The van der Waals surface area contributed by atoms with E-state index in [-0.39, 0.29) is 28.6 Å². The van der Waals surface area contributed by atoms with Crippen LogP contribution in [0.4, 0.5) is 0 Å². The maximum absolute atomic E-state index is 12.3. The summed E-state index contributed by atoms with van der Waals surface area (Å²) < 4.78 is 0. The van der Waals surface area contributed by atoms with Crippen molar-refractivity contribution in [2.45, 2.75) is 87.6 Å². The van der Waals surface area contributed by atoms with Crippen LogP contribution in [0, 0.1) is 16.7 Å². The molecule has 0 rings (SSSR count). The van der Waals surface area contributed by atoms with Crippen molar-refractivity contribution in [1.82, 2.24) is 10.6 Å². The van der Waals surface area contributed by atoms with E-state index in [1.165, 1.54) is 0 Å². The molecule has 0 aliphatic carbocycles. The highest BCUT2D eigenvalue weighted by molar-refractivity contribution is 5.81. The Morgan fingerprint density at radius 1 is 1.00 bits per heavy atom. The molecule has 0 aliphatic rings. The van der Waals surface area contributed by atoms with Crippen LogP contribution in [0.2, 0.25) is 0 Å². The van der Waals surface area contributed by atoms with Gasteiger partial charge in [-0.25, -0.2) is 0 Å². The summed E-state index contributed by atoms with van der Waals surface area (Å²) in [4.78, 5) is 23.8. The van der Waals surface area contributed by atoms with Gasteiger partial charge in [-0.2, -0.15) is 0 Å². The summed E-state index contributed by atoms with van der Waals surface area (Å²) in [5.74, 6) is 0.783. The van der Waals surface area contributed by atoms with Gasteiger partial charge < -0.3 is 10.6 Å². The summed E-state index contributed by atoms with van der Waals surface area (Å²) in [5, 5.41) is 6.22. The van der Waals surface area contributed by atoms with E-state index in [2.05, 4.69) is 31.4 Å². The van der Waals surface area contributed by atoms with E-state index >= 15 is 0 Å². The molecule has 0 aromatic rings. The van der Waals surface area contributed by atoms with Gasteiger partial charge in [-0.3, -0.25) is 9.59 Å². The van der Waals surface area contributed by atoms with Crippen LogP contribution in [0.1, 0.15) is 81.6 Å². The van der Waals surface area contributed by atoms with Gasteiger partial charge >= 0.3 is 0 Å². The molecule has 4 nitrogen and oxygen atoms in total. The van der Waals surface area contributed by atoms with Crippen molar-refractivity contribution >= 4 is 11.7 Å². The van der Waals surface area contributed by atoms with Gasteiger partial charge in [0.2, 0.25) is 5.91 Å². The molecule has 0 fully saturated rings. The lowest BCUT2D eigenvalue weighted by Crippen LogP contribution is -2.39. The first-order valence-corrected chi connectivity index (χ1v) is 9.34. The van der Waals surface area contributed by atoms with Crippen molar-refractivity contribution < 1.29 is 9.59 Å². The smallest absolute Gasteiger partial charge is 0.220 e. The molecule has 0 aliphatic heterocycles. The van der Waals surface area contributed by atoms with Crippen molar-refractivity contribution in [2.24, 2.45) is 16.7 Å². The van der Waals surface area contributed by atoms with E-state index in [9.17, 15) is 9.59 Å². The topological polar surface area (TPSA) is 58.2 Å². The molecule has 144 valence electrons. The molecule has 0 radical (unpaired) electrons. The Bertz CT molecular complexity index is 376. The summed E-state index contributed by atoms with van der Waals surface area (Å²) in [7, 11) is 1.95. The average Bonchev–Trinajstić information content (AvgIpc) is 2.38. The van der Waals surface area contributed by atoms with Crippen LogP contribution in [0.5, 0.6) is 0 Å². The highest BCUT2D eigenvalue weighted by atomic mass is 16.1. The molecule has 2 unspecified atom stereocenters. The molecule has 0 saturated carbocycles. The van der Waals surface area contributed by atoms with E-state index < -0.39 is 0 Å². The van der Waals surface area contributed by atoms with Crippen molar-refractivity contribution in [3.8, 4) is 0 Å². The van der Waals surface area contributed by atoms with Crippen molar-refractivity contribution in [1.29, 1.82) is 0 Å². The van der Waals surface area contributed by atoms with Crippen molar-refractivity contribution in [2.75, 3.05) is 13.6 Å². The largest absolute Gasteiger partial charge is 0.354 e. The molecule has 1 amide bonds. The summed E-state index contributed by atoms with van der Waals surface area (Å²) in [5.41, 5.74) is -0.403. The fourth-order valence-electron chi connectivity index (χ4n) is 3.16. The minimum atomic E-state index is -0.385. The molecular formula is C20H42N2O2. The quantitative estimate of drug-likeness (QED) is 0.626. The molecule has 24 heavy (non-hydrogen) atoms. The van der Waals surface area contributed by atoms with Gasteiger partial charge in [-0.1, -0.05) is 48.5 Å². The number of rotatable bonds is 10. The van der Waals surface area contributed by atoms with Gasteiger partial charge in [0.05, 0.1) is 0 Å². The molecule has 0 saturated heterocycles. The molecule has 0 aromatic carbocycles. The lowest BCUT2D eigenvalue weighted by molar-refractivity contribution is -0.127. The third kappa shape index (κ3) is 11.6. The molecule has 0 spiro atoms. The van der Waals surface area contributed by atoms with Crippen LogP contribution in [0.15, 0.2) is 0 Å². The first-order chi connectivity index (χ1) is 10.9. The highest BCUT2D eigenvalue weighted by Gasteiger charge is 2.28.